The normalized spacial score (nSPS) is 18.3. The summed E-state index contributed by atoms with van der Waals surface area (Å²) >= 11 is 3.28. The van der Waals surface area contributed by atoms with E-state index in [1.54, 1.807) is 19.1 Å². The van der Waals surface area contributed by atoms with Gasteiger partial charge in [0.05, 0.1) is 6.10 Å². The summed E-state index contributed by atoms with van der Waals surface area (Å²) in [6, 6.07) is 3.50. The van der Waals surface area contributed by atoms with E-state index in [-0.39, 0.29) is 11.7 Å². The quantitative estimate of drug-likeness (QED) is 0.863. The second-order valence-electron chi connectivity index (χ2n) is 3.87. The zero-order chi connectivity index (χ0) is 10.3. The first-order valence-corrected chi connectivity index (χ1v) is 5.53. The summed E-state index contributed by atoms with van der Waals surface area (Å²) in [5.41, 5.74) is 1.01. The van der Waals surface area contributed by atoms with Crippen molar-refractivity contribution in [2.75, 3.05) is 0 Å². The Bertz CT molecular complexity index is 361. The van der Waals surface area contributed by atoms with Crippen LogP contribution >= 0.6 is 15.9 Å². The fourth-order valence-corrected chi connectivity index (χ4v) is 2.14. The highest BCUT2D eigenvalue weighted by atomic mass is 79.9. The van der Waals surface area contributed by atoms with Gasteiger partial charge in [0, 0.05) is 10.0 Å². The molecule has 0 spiro atoms. The maximum absolute atomic E-state index is 13.7. The molecular formula is C11H12BrFO. The van der Waals surface area contributed by atoms with Gasteiger partial charge in [-0.3, -0.25) is 0 Å². The third-order valence-corrected chi connectivity index (χ3v) is 3.38. The highest BCUT2D eigenvalue weighted by molar-refractivity contribution is 9.10. The van der Waals surface area contributed by atoms with E-state index in [2.05, 4.69) is 15.9 Å². The van der Waals surface area contributed by atoms with Crippen LogP contribution in [0.2, 0.25) is 0 Å². The molecule has 1 unspecified atom stereocenters. The van der Waals surface area contributed by atoms with Crippen molar-refractivity contribution >= 4 is 15.9 Å². The predicted molar refractivity (Wildman–Crippen MR) is 56.5 cm³/mol. The summed E-state index contributed by atoms with van der Waals surface area (Å²) in [5.74, 6) is -0.0265. The Morgan fingerprint density at radius 2 is 2.14 bits per heavy atom. The smallest absolute Gasteiger partial charge is 0.133 e. The molecule has 1 N–H and O–H groups in total. The number of hydrogen-bond donors (Lipinski definition) is 1. The van der Waals surface area contributed by atoms with Gasteiger partial charge < -0.3 is 5.11 Å². The van der Waals surface area contributed by atoms with Gasteiger partial charge in [0.25, 0.3) is 0 Å². The highest BCUT2D eigenvalue weighted by Crippen LogP contribution is 2.43. The van der Waals surface area contributed by atoms with Crippen molar-refractivity contribution in [3.8, 4) is 0 Å². The van der Waals surface area contributed by atoms with Crippen LogP contribution in [-0.2, 0) is 0 Å². The Morgan fingerprint density at radius 3 is 2.71 bits per heavy atom. The van der Waals surface area contributed by atoms with Crippen LogP contribution in [0.3, 0.4) is 0 Å². The summed E-state index contributed by atoms with van der Waals surface area (Å²) in [6.07, 6.45) is 1.35. The fourth-order valence-electron chi connectivity index (χ4n) is 1.60. The average Bonchev–Trinajstić information content (AvgIpc) is 2.95. The van der Waals surface area contributed by atoms with E-state index in [9.17, 15) is 9.50 Å². The first-order chi connectivity index (χ1) is 6.61. The molecule has 0 saturated heterocycles. The fraction of sp³-hybridized carbons (Fsp3) is 0.455. The molecule has 1 aliphatic rings. The molecule has 3 heteroatoms. The van der Waals surface area contributed by atoms with Crippen LogP contribution in [0.25, 0.3) is 0 Å². The maximum Gasteiger partial charge on any atom is 0.133 e. The maximum atomic E-state index is 13.7. The summed E-state index contributed by atoms with van der Waals surface area (Å²) < 4.78 is 14.4. The third-order valence-electron chi connectivity index (χ3n) is 2.68. The van der Waals surface area contributed by atoms with E-state index in [4.69, 9.17) is 0 Å². The van der Waals surface area contributed by atoms with E-state index in [0.29, 0.717) is 15.6 Å². The van der Waals surface area contributed by atoms with Gasteiger partial charge >= 0.3 is 0 Å². The summed E-state index contributed by atoms with van der Waals surface area (Å²) in [5, 5.41) is 9.88. The average molecular weight is 259 g/mol. The topological polar surface area (TPSA) is 20.2 Å². The summed E-state index contributed by atoms with van der Waals surface area (Å²) in [4.78, 5) is 0. The van der Waals surface area contributed by atoms with Crippen LogP contribution in [0, 0.1) is 18.7 Å². The molecular weight excluding hydrogens is 247 g/mol. The molecule has 14 heavy (non-hydrogen) atoms. The molecule has 0 radical (unpaired) electrons. The molecule has 0 amide bonds. The van der Waals surface area contributed by atoms with E-state index < -0.39 is 6.10 Å². The Hall–Kier alpha value is -0.410. The summed E-state index contributed by atoms with van der Waals surface area (Å²) in [7, 11) is 0. The third kappa shape index (κ3) is 1.71. The molecule has 1 nitrogen and oxygen atoms in total. The van der Waals surface area contributed by atoms with Gasteiger partial charge in [-0.05, 0) is 37.3 Å². The number of aliphatic hydroxyl groups is 1. The number of hydrogen-bond acceptors (Lipinski definition) is 1. The van der Waals surface area contributed by atoms with Crippen LogP contribution in [-0.4, -0.2) is 5.11 Å². The Morgan fingerprint density at radius 1 is 1.50 bits per heavy atom. The molecule has 0 bridgehead atoms. The molecule has 1 saturated carbocycles. The number of halogens is 2. The van der Waals surface area contributed by atoms with Crippen LogP contribution in [0.4, 0.5) is 4.39 Å². The van der Waals surface area contributed by atoms with E-state index in [1.807, 2.05) is 0 Å². The van der Waals surface area contributed by atoms with Gasteiger partial charge in [0.15, 0.2) is 0 Å². The van der Waals surface area contributed by atoms with Gasteiger partial charge in [-0.1, -0.05) is 22.0 Å². The van der Waals surface area contributed by atoms with Crippen LogP contribution in [0.5, 0.6) is 0 Å². The van der Waals surface area contributed by atoms with Gasteiger partial charge in [-0.25, -0.2) is 4.39 Å². The highest BCUT2D eigenvalue weighted by Gasteiger charge is 2.33. The molecule has 2 rings (SSSR count). The standard InChI is InChI=1S/C11H12BrFO/c1-6-2-5-8(12)9(10(6)13)11(14)7-3-4-7/h2,5,7,11,14H,3-4H2,1H3. The van der Waals surface area contributed by atoms with Crippen molar-refractivity contribution in [1.29, 1.82) is 0 Å². The van der Waals surface area contributed by atoms with Crippen LogP contribution in [0.1, 0.15) is 30.1 Å². The monoisotopic (exact) mass is 258 g/mol. The van der Waals surface area contributed by atoms with Crippen molar-refractivity contribution < 1.29 is 9.50 Å². The minimum Gasteiger partial charge on any atom is -0.388 e. The van der Waals surface area contributed by atoms with Crippen molar-refractivity contribution in [2.45, 2.75) is 25.9 Å². The number of rotatable bonds is 2. The van der Waals surface area contributed by atoms with Crippen LogP contribution in [0.15, 0.2) is 16.6 Å². The lowest BCUT2D eigenvalue weighted by Crippen LogP contribution is -2.05. The molecule has 1 fully saturated rings. The first kappa shape index (κ1) is 10.1. The van der Waals surface area contributed by atoms with Crippen molar-refractivity contribution in [2.24, 2.45) is 5.92 Å². The minimum atomic E-state index is -0.649. The number of aryl methyl sites for hydroxylation is 1. The molecule has 1 aliphatic carbocycles. The second kappa shape index (κ2) is 3.63. The van der Waals surface area contributed by atoms with Crippen molar-refractivity contribution in [1.82, 2.24) is 0 Å². The molecule has 0 heterocycles. The lowest BCUT2D eigenvalue weighted by molar-refractivity contribution is 0.148. The summed E-state index contributed by atoms with van der Waals surface area (Å²) in [6.45, 7) is 1.71. The largest absolute Gasteiger partial charge is 0.388 e. The molecule has 76 valence electrons. The zero-order valence-electron chi connectivity index (χ0n) is 7.93. The van der Waals surface area contributed by atoms with Crippen molar-refractivity contribution in [3.63, 3.8) is 0 Å². The van der Waals surface area contributed by atoms with Gasteiger partial charge in [0.1, 0.15) is 5.82 Å². The Labute approximate surface area is 91.1 Å². The van der Waals surface area contributed by atoms with Gasteiger partial charge in [-0.2, -0.15) is 0 Å². The predicted octanol–water partition coefficient (Wildman–Crippen LogP) is 3.34. The first-order valence-electron chi connectivity index (χ1n) is 4.74. The number of benzene rings is 1. The zero-order valence-corrected chi connectivity index (χ0v) is 9.51. The van der Waals surface area contributed by atoms with Crippen LogP contribution < -0.4 is 0 Å². The molecule has 1 aromatic rings. The van der Waals surface area contributed by atoms with E-state index >= 15 is 0 Å². The second-order valence-corrected chi connectivity index (χ2v) is 4.73. The lowest BCUT2D eigenvalue weighted by atomic mass is 10.0. The Balaban J connectivity index is 2.43. The molecule has 1 aromatic carbocycles. The van der Waals surface area contributed by atoms with Gasteiger partial charge in [0.2, 0.25) is 0 Å². The minimum absolute atomic E-state index is 0.252. The van der Waals surface area contributed by atoms with E-state index in [1.165, 1.54) is 0 Å². The molecule has 0 aromatic heterocycles. The molecule has 0 aliphatic heterocycles. The van der Waals surface area contributed by atoms with Gasteiger partial charge in [-0.15, -0.1) is 0 Å². The Kier molecular flexibility index (Phi) is 2.62. The number of aliphatic hydroxyl groups excluding tert-OH is 1. The SMILES string of the molecule is Cc1ccc(Br)c(C(O)C2CC2)c1F. The van der Waals surface area contributed by atoms with E-state index in [0.717, 1.165) is 12.8 Å². The van der Waals surface area contributed by atoms with Crippen molar-refractivity contribution in [3.05, 3.63) is 33.5 Å². The molecule has 1 atom stereocenters. The lowest BCUT2D eigenvalue weighted by Gasteiger charge is -2.14.